The van der Waals surface area contributed by atoms with Crippen LogP contribution in [0.4, 0.5) is 0 Å². The number of nitrogens with zero attached hydrogens (tertiary/aromatic N) is 2. The van der Waals surface area contributed by atoms with Crippen molar-refractivity contribution in [3.8, 4) is 6.07 Å². The van der Waals surface area contributed by atoms with Gasteiger partial charge in [0.1, 0.15) is 18.7 Å². The van der Waals surface area contributed by atoms with Gasteiger partial charge in [-0.1, -0.05) is 111 Å². The Morgan fingerprint density at radius 2 is 1.48 bits per heavy atom. The van der Waals surface area contributed by atoms with Gasteiger partial charge in [0.15, 0.2) is 6.04 Å². The summed E-state index contributed by atoms with van der Waals surface area (Å²) >= 11 is 0. The Hall–Kier alpha value is -3.79. The molecule has 2 amide bonds. The van der Waals surface area contributed by atoms with Gasteiger partial charge < -0.3 is 10.8 Å². The molecule has 4 atom stereocenters. The second kappa shape index (κ2) is 12.6. The Bertz CT molecular complexity index is 1280. The predicted molar refractivity (Wildman–Crippen MR) is 156 cm³/mol. The van der Waals surface area contributed by atoms with E-state index in [1.807, 2.05) is 91.0 Å². The van der Waals surface area contributed by atoms with Crippen LogP contribution in [-0.2, 0) is 15.0 Å². The molecule has 6 nitrogen and oxygen atoms in total. The molecule has 0 spiro atoms. The largest absolute Gasteiger partial charge is 0.387 e. The van der Waals surface area contributed by atoms with Crippen molar-refractivity contribution in [1.29, 1.82) is 5.26 Å². The highest BCUT2D eigenvalue weighted by molar-refractivity contribution is 5.83. The molecule has 1 heterocycles. The summed E-state index contributed by atoms with van der Waals surface area (Å²) in [5.74, 6) is -0.582. The quantitative estimate of drug-likeness (QED) is 0.251. The number of rotatable bonds is 11. The van der Waals surface area contributed by atoms with Crippen molar-refractivity contribution in [1.82, 2.24) is 0 Å². The molecule has 1 aliphatic rings. The summed E-state index contributed by atoms with van der Waals surface area (Å²) in [6, 6.07) is 30.5. The van der Waals surface area contributed by atoms with Crippen LogP contribution in [0, 0.1) is 17.2 Å². The third-order valence-corrected chi connectivity index (χ3v) is 8.73. The van der Waals surface area contributed by atoms with E-state index in [-0.39, 0.29) is 35.7 Å². The molecule has 0 saturated carbocycles. The van der Waals surface area contributed by atoms with Gasteiger partial charge in [-0.25, -0.2) is 9.28 Å². The number of primary amides is 1. The minimum atomic E-state index is -0.842. The number of carbonyl (C=O) groups is 2. The number of aliphatic hydroxyl groups excluding tert-OH is 1. The molecule has 1 aliphatic heterocycles. The Labute approximate surface area is 237 Å². The molecule has 40 heavy (non-hydrogen) atoms. The maximum Gasteiger partial charge on any atom is 0.315 e. The zero-order chi connectivity index (χ0) is 28.8. The molecule has 1 saturated heterocycles. The molecule has 0 aromatic heterocycles. The molecule has 3 aromatic rings. The number of likely N-dealkylation sites (tertiary alicyclic amines) is 1. The van der Waals surface area contributed by atoms with E-state index in [1.165, 1.54) is 0 Å². The first kappa shape index (κ1) is 29.2. The maximum atomic E-state index is 14.4. The van der Waals surface area contributed by atoms with Crippen molar-refractivity contribution >= 4 is 11.8 Å². The lowest BCUT2D eigenvalue weighted by atomic mass is 9.69. The summed E-state index contributed by atoms with van der Waals surface area (Å²) in [5, 5.41) is 21.1. The molecule has 3 aromatic carbocycles. The molecule has 4 rings (SSSR count). The van der Waals surface area contributed by atoms with Crippen molar-refractivity contribution < 1.29 is 19.2 Å². The lowest BCUT2D eigenvalue weighted by Gasteiger charge is -2.43. The average Bonchev–Trinajstić information content (AvgIpc) is 3.32. The SMILES string of the molecule is CC(C)[C@@](C#N)(CCCCC(=O)[N@@+]1(C(c2ccccc2)c2ccccc2)C[C@@H](O)CC1C(N)=O)c1ccccc1. The first-order valence-electron chi connectivity index (χ1n) is 14.2. The number of carbonyl (C=O) groups excluding carboxylic acids is 2. The summed E-state index contributed by atoms with van der Waals surface area (Å²) in [7, 11) is 0. The fourth-order valence-corrected chi connectivity index (χ4v) is 6.68. The molecule has 3 N–H and O–H groups in total. The number of amides is 2. The van der Waals surface area contributed by atoms with Crippen molar-refractivity contribution in [3.63, 3.8) is 0 Å². The minimum absolute atomic E-state index is 0.0995. The second-order valence-corrected chi connectivity index (χ2v) is 11.3. The second-order valence-electron chi connectivity index (χ2n) is 11.3. The molecule has 6 heteroatoms. The summed E-state index contributed by atoms with van der Waals surface area (Å²) in [6.07, 6.45) is 1.43. The molecule has 1 unspecified atom stereocenters. The Balaban J connectivity index is 1.66. The van der Waals surface area contributed by atoms with Crippen LogP contribution in [0.1, 0.15) is 68.7 Å². The van der Waals surface area contributed by atoms with Crippen LogP contribution in [0.5, 0.6) is 0 Å². The van der Waals surface area contributed by atoms with E-state index in [0.717, 1.165) is 16.7 Å². The van der Waals surface area contributed by atoms with Crippen molar-refractivity contribution in [2.75, 3.05) is 6.54 Å². The lowest BCUT2D eigenvalue weighted by Crippen LogP contribution is -2.62. The van der Waals surface area contributed by atoms with E-state index in [2.05, 4.69) is 19.9 Å². The van der Waals surface area contributed by atoms with Gasteiger partial charge in [-0.15, -0.1) is 0 Å². The highest BCUT2D eigenvalue weighted by Gasteiger charge is 2.59. The van der Waals surface area contributed by atoms with Gasteiger partial charge in [-0.3, -0.25) is 4.79 Å². The van der Waals surface area contributed by atoms with Gasteiger partial charge in [0.2, 0.25) is 0 Å². The van der Waals surface area contributed by atoms with Gasteiger partial charge in [0, 0.05) is 17.5 Å². The third kappa shape index (κ3) is 5.58. The van der Waals surface area contributed by atoms with E-state index >= 15 is 0 Å². The summed E-state index contributed by atoms with van der Waals surface area (Å²) in [4.78, 5) is 27.3. The molecule has 0 radical (unpaired) electrons. The number of aliphatic hydroxyl groups is 1. The van der Waals surface area contributed by atoms with E-state index < -0.39 is 29.5 Å². The fraction of sp³-hybridized carbons (Fsp3) is 0.382. The zero-order valence-electron chi connectivity index (χ0n) is 23.4. The monoisotopic (exact) mass is 538 g/mol. The van der Waals surface area contributed by atoms with E-state index in [4.69, 9.17) is 5.73 Å². The number of unbranched alkanes of at least 4 members (excludes halogenated alkanes) is 1. The van der Waals surface area contributed by atoms with Crippen molar-refractivity contribution in [2.45, 2.75) is 69.6 Å². The summed E-state index contributed by atoms with van der Waals surface area (Å²) < 4.78 is -0.225. The van der Waals surface area contributed by atoms with E-state index in [0.29, 0.717) is 19.3 Å². The summed E-state index contributed by atoms with van der Waals surface area (Å²) in [5.41, 5.74) is 8.08. The van der Waals surface area contributed by atoms with Crippen LogP contribution in [0.3, 0.4) is 0 Å². The van der Waals surface area contributed by atoms with Crippen LogP contribution in [0.25, 0.3) is 0 Å². The molecule has 208 valence electrons. The highest BCUT2D eigenvalue weighted by atomic mass is 16.3. The molecular formula is C34H40N3O3+. The Kier molecular flexibility index (Phi) is 9.19. The standard InChI is InChI=1S/C34H39N3O3/c1-25(2)34(24-35,28-18-10-5-11-19-28)21-13-12-20-31(39)37(23-29(38)22-30(37)33(36)40)32(26-14-6-3-7-15-26)27-16-8-4-9-17-27/h3-11,14-19,25,29-30,32,38H,12-13,20-23H2,1-2H3,(H-,36,40)/p+1/t29-,30?,34-,37+/m0/s1. The maximum absolute atomic E-state index is 14.4. The van der Waals surface area contributed by atoms with Crippen molar-refractivity contribution in [2.24, 2.45) is 11.7 Å². The van der Waals surface area contributed by atoms with Gasteiger partial charge in [-0.2, -0.15) is 5.26 Å². The summed E-state index contributed by atoms with van der Waals surface area (Å²) in [6.45, 7) is 4.25. The Morgan fingerprint density at radius 1 is 0.950 bits per heavy atom. The van der Waals surface area contributed by atoms with Crippen LogP contribution < -0.4 is 5.73 Å². The highest BCUT2D eigenvalue weighted by Crippen LogP contribution is 2.44. The number of quaternary nitrogens is 1. The number of benzene rings is 3. The van der Waals surface area contributed by atoms with Gasteiger partial charge in [0.25, 0.3) is 5.91 Å². The number of hydrogen-bond acceptors (Lipinski definition) is 4. The number of nitriles is 1. The number of hydrogen-bond donors (Lipinski definition) is 2. The first-order valence-corrected chi connectivity index (χ1v) is 14.2. The minimum Gasteiger partial charge on any atom is -0.387 e. The van der Waals surface area contributed by atoms with Crippen LogP contribution in [0.2, 0.25) is 0 Å². The first-order chi connectivity index (χ1) is 19.3. The smallest absolute Gasteiger partial charge is 0.315 e. The predicted octanol–water partition coefficient (Wildman–Crippen LogP) is 5.42. The van der Waals surface area contributed by atoms with E-state index in [1.54, 1.807) is 0 Å². The molecule has 1 fully saturated rings. The third-order valence-electron chi connectivity index (χ3n) is 8.73. The van der Waals surface area contributed by atoms with Crippen LogP contribution >= 0.6 is 0 Å². The van der Waals surface area contributed by atoms with Gasteiger partial charge in [0.05, 0.1) is 17.9 Å². The number of nitrogens with two attached hydrogens (primary N) is 1. The van der Waals surface area contributed by atoms with Crippen LogP contribution in [0.15, 0.2) is 91.0 Å². The van der Waals surface area contributed by atoms with E-state index in [9.17, 15) is 20.0 Å². The zero-order valence-corrected chi connectivity index (χ0v) is 23.4. The van der Waals surface area contributed by atoms with Crippen LogP contribution in [-0.4, -0.2) is 40.1 Å². The van der Waals surface area contributed by atoms with Crippen molar-refractivity contribution in [3.05, 3.63) is 108 Å². The fourth-order valence-electron chi connectivity index (χ4n) is 6.68. The average molecular weight is 539 g/mol. The van der Waals surface area contributed by atoms with Gasteiger partial charge in [-0.05, 0) is 24.3 Å². The molecule has 0 aliphatic carbocycles. The normalized spacial score (nSPS) is 22.1. The molecule has 0 bridgehead atoms. The van der Waals surface area contributed by atoms with Gasteiger partial charge >= 0.3 is 5.91 Å². The topological polar surface area (TPSA) is 104 Å². The Morgan fingerprint density at radius 3 is 1.95 bits per heavy atom. The lowest BCUT2D eigenvalue weighted by molar-refractivity contribution is -0.884. The molecular weight excluding hydrogens is 498 g/mol.